The van der Waals surface area contributed by atoms with Gasteiger partial charge in [-0.2, -0.15) is 0 Å². The number of hydrogen-bond acceptors (Lipinski definition) is 3. The summed E-state index contributed by atoms with van der Waals surface area (Å²) in [5.41, 5.74) is 1.99. The molecular weight excluding hydrogens is 290 g/mol. The number of hydrogen-bond donors (Lipinski definition) is 1. The van der Waals surface area contributed by atoms with Crippen molar-refractivity contribution in [3.05, 3.63) is 59.7 Å². The molecule has 0 bridgehead atoms. The van der Waals surface area contributed by atoms with Gasteiger partial charge in [0.05, 0.1) is 5.69 Å². The van der Waals surface area contributed by atoms with Crippen molar-refractivity contribution >= 4 is 22.6 Å². The molecule has 1 N–H and O–H groups in total. The molecule has 1 aliphatic heterocycles. The Labute approximate surface area is 133 Å². The minimum atomic E-state index is -0.347. The lowest BCUT2D eigenvalue weighted by molar-refractivity contribution is 0.0845. The highest BCUT2D eigenvalue weighted by Crippen LogP contribution is 2.32. The summed E-state index contributed by atoms with van der Waals surface area (Å²) >= 11 is 0. The number of benzene rings is 2. The first-order valence-electron chi connectivity index (χ1n) is 7.53. The molecule has 5 nitrogen and oxygen atoms in total. The van der Waals surface area contributed by atoms with E-state index in [9.17, 15) is 9.59 Å². The van der Waals surface area contributed by atoms with E-state index in [1.165, 1.54) is 0 Å². The van der Waals surface area contributed by atoms with Crippen molar-refractivity contribution in [2.45, 2.75) is 19.8 Å². The lowest BCUT2D eigenvalue weighted by Crippen LogP contribution is -2.34. The summed E-state index contributed by atoms with van der Waals surface area (Å²) in [6.07, 6.45) is 3.67. The molecule has 114 valence electrons. The summed E-state index contributed by atoms with van der Waals surface area (Å²) in [4.78, 5) is 28.6. The monoisotopic (exact) mass is 305 g/mol. The van der Waals surface area contributed by atoms with Crippen LogP contribution in [0.5, 0.6) is 0 Å². The highest BCUT2D eigenvalue weighted by Gasteiger charge is 2.26. The minimum absolute atomic E-state index is 0.265. The predicted octanol–water partition coefficient (Wildman–Crippen LogP) is 3.03. The Balaban J connectivity index is 2.09. The zero-order valence-corrected chi connectivity index (χ0v) is 12.8. The van der Waals surface area contributed by atoms with E-state index in [1.807, 2.05) is 29.0 Å². The van der Waals surface area contributed by atoms with Gasteiger partial charge < -0.3 is 4.57 Å². The van der Waals surface area contributed by atoms with Gasteiger partial charge >= 0.3 is 0 Å². The molecule has 4 rings (SSSR count). The summed E-state index contributed by atoms with van der Waals surface area (Å²) in [5, 5.41) is 3.97. The van der Waals surface area contributed by atoms with Gasteiger partial charge in [0.15, 0.2) is 0 Å². The van der Waals surface area contributed by atoms with Gasteiger partial charge in [-0.15, -0.1) is 0 Å². The Morgan fingerprint density at radius 3 is 2.52 bits per heavy atom. The zero-order valence-electron chi connectivity index (χ0n) is 12.8. The number of carbonyl (C=O) groups is 2. The fourth-order valence-electron chi connectivity index (χ4n) is 3.16. The molecule has 0 fully saturated rings. The largest absolute Gasteiger partial charge is 0.303 e. The van der Waals surface area contributed by atoms with Crippen molar-refractivity contribution in [3.8, 4) is 5.69 Å². The van der Waals surface area contributed by atoms with Gasteiger partial charge in [-0.25, -0.2) is 4.98 Å². The number of imidazole rings is 1. The van der Waals surface area contributed by atoms with Crippen molar-refractivity contribution in [2.24, 2.45) is 0 Å². The Bertz CT molecular complexity index is 949. The molecule has 2 heterocycles. The van der Waals surface area contributed by atoms with Crippen LogP contribution in [0.3, 0.4) is 0 Å². The van der Waals surface area contributed by atoms with Crippen molar-refractivity contribution in [2.75, 3.05) is 0 Å². The van der Waals surface area contributed by atoms with Gasteiger partial charge in [0, 0.05) is 40.2 Å². The lowest BCUT2D eigenvalue weighted by atomic mass is 9.94. The number of imide groups is 1. The molecule has 0 atom stereocenters. The summed E-state index contributed by atoms with van der Waals surface area (Å²) in [6, 6.07) is 9.20. The third-order valence-electron chi connectivity index (χ3n) is 4.18. The second-order valence-electron chi connectivity index (χ2n) is 5.95. The van der Waals surface area contributed by atoms with E-state index in [-0.39, 0.29) is 17.7 Å². The van der Waals surface area contributed by atoms with E-state index in [2.05, 4.69) is 24.1 Å². The third kappa shape index (κ3) is 1.90. The van der Waals surface area contributed by atoms with Crippen LogP contribution < -0.4 is 5.32 Å². The normalized spacial score (nSPS) is 13.7. The first-order valence-corrected chi connectivity index (χ1v) is 7.53. The van der Waals surface area contributed by atoms with Crippen LogP contribution in [0.2, 0.25) is 0 Å². The van der Waals surface area contributed by atoms with E-state index < -0.39 is 0 Å². The second kappa shape index (κ2) is 4.78. The summed E-state index contributed by atoms with van der Waals surface area (Å²) in [7, 11) is 0. The van der Waals surface area contributed by atoms with Gasteiger partial charge in [-0.05, 0) is 18.2 Å². The van der Waals surface area contributed by atoms with Gasteiger partial charge in [-0.3, -0.25) is 14.9 Å². The van der Waals surface area contributed by atoms with Crippen molar-refractivity contribution in [1.29, 1.82) is 0 Å². The molecule has 2 aromatic carbocycles. The number of aromatic nitrogens is 2. The molecule has 3 aromatic rings. The molecule has 0 spiro atoms. The van der Waals surface area contributed by atoms with Crippen LogP contribution in [-0.2, 0) is 0 Å². The number of rotatable bonds is 2. The van der Waals surface area contributed by atoms with E-state index in [0.717, 1.165) is 16.9 Å². The molecule has 2 amide bonds. The number of carbonyl (C=O) groups excluding carboxylic acids is 2. The zero-order chi connectivity index (χ0) is 16.1. The van der Waals surface area contributed by atoms with Crippen LogP contribution in [0, 0.1) is 0 Å². The Morgan fingerprint density at radius 1 is 1.04 bits per heavy atom. The standard InChI is InChI=1S/C18H15N3O2/c1-10(2)16-19-8-9-21(16)14-7-6-13-15-11(14)4-3-5-12(15)17(22)20-18(13)23/h3-10H,1-2H3,(H,20,22,23). The van der Waals surface area contributed by atoms with Gasteiger partial charge in [-0.1, -0.05) is 26.0 Å². The molecule has 23 heavy (non-hydrogen) atoms. The van der Waals surface area contributed by atoms with Crippen LogP contribution in [-0.4, -0.2) is 21.4 Å². The third-order valence-corrected chi connectivity index (χ3v) is 4.18. The average Bonchev–Trinajstić information content (AvgIpc) is 3.01. The Morgan fingerprint density at radius 2 is 1.78 bits per heavy atom. The van der Waals surface area contributed by atoms with Gasteiger partial charge in [0.1, 0.15) is 5.82 Å². The van der Waals surface area contributed by atoms with Crippen LogP contribution in [0.25, 0.3) is 16.5 Å². The highest BCUT2D eigenvalue weighted by molar-refractivity contribution is 6.26. The van der Waals surface area contributed by atoms with Crippen LogP contribution in [0.1, 0.15) is 46.3 Å². The first kappa shape index (κ1) is 13.7. The van der Waals surface area contributed by atoms with E-state index >= 15 is 0 Å². The smallest absolute Gasteiger partial charge is 0.258 e. The fourth-order valence-corrected chi connectivity index (χ4v) is 3.16. The average molecular weight is 305 g/mol. The van der Waals surface area contributed by atoms with Gasteiger partial charge in [0.2, 0.25) is 0 Å². The molecule has 0 aliphatic carbocycles. The Kier molecular flexibility index (Phi) is 2.84. The fraction of sp³-hybridized carbons (Fsp3) is 0.167. The van der Waals surface area contributed by atoms with Crippen LogP contribution in [0.4, 0.5) is 0 Å². The molecular formula is C18H15N3O2. The molecule has 0 saturated carbocycles. The minimum Gasteiger partial charge on any atom is -0.303 e. The summed E-state index contributed by atoms with van der Waals surface area (Å²) in [5.74, 6) is 0.512. The number of nitrogens with zero attached hydrogens (tertiary/aromatic N) is 2. The van der Waals surface area contributed by atoms with Crippen LogP contribution >= 0.6 is 0 Å². The molecule has 0 saturated heterocycles. The maximum Gasteiger partial charge on any atom is 0.258 e. The molecule has 5 heteroatoms. The van der Waals surface area contributed by atoms with Crippen molar-refractivity contribution in [1.82, 2.24) is 14.9 Å². The van der Waals surface area contributed by atoms with Crippen molar-refractivity contribution < 1.29 is 9.59 Å². The molecule has 1 aliphatic rings. The first-order chi connectivity index (χ1) is 11.1. The molecule has 0 radical (unpaired) electrons. The van der Waals surface area contributed by atoms with E-state index in [1.54, 1.807) is 18.3 Å². The topological polar surface area (TPSA) is 64.0 Å². The predicted molar refractivity (Wildman–Crippen MR) is 87.0 cm³/mol. The SMILES string of the molecule is CC(C)c1nccn1-c1ccc2c3c(cccc13)C(=O)NC2=O. The summed E-state index contributed by atoms with van der Waals surface area (Å²) < 4.78 is 2.02. The number of amides is 2. The lowest BCUT2D eigenvalue weighted by Gasteiger charge is -2.19. The molecule has 0 unspecified atom stereocenters. The summed E-state index contributed by atoms with van der Waals surface area (Å²) in [6.45, 7) is 4.17. The maximum atomic E-state index is 12.1. The van der Waals surface area contributed by atoms with Crippen molar-refractivity contribution in [3.63, 3.8) is 0 Å². The van der Waals surface area contributed by atoms with E-state index in [0.29, 0.717) is 16.5 Å². The highest BCUT2D eigenvalue weighted by atomic mass is 16.2. The molecule has 1 aromatic heterocycles. The second-order valence-corrected chi connectivity index (χ2v) is 5.95. The Hall–Kier alpha value is -2.95. The quantitative estimate of drug-likeness (QED) is 0.740. The number of nitrogens with one attached hydrogen (secondary N) is 1. The van der Waals surface area contributed by atoms with E-state index in [4.69, 9.17) is 0 Å². The van der Waals surface area contributed by atoms with Crippen LogP contribution in [0.15, 0.2) is 42.7 Å². The van der Waals surface area contributed by atoms with Gasteiger partial charge in [0.25, 0.3) is 11.8 Å². The maximum absolute atomic E-state index is 12.1.